The lowest BCUT2D eigenvalue weighted by molar-refractivity contribution is -0.135. The molecular weight excluding hydrogens is 857 g/mol. The Balaban J connectivity index is 1.71. The first kappa shape index (κ1) is 51.1. The van der Waals surface area contributed by atoms with Crippen molar-refractivity contribution in [2.45, 2.75) is 94.5 Å². The van der Waals surface area contributed by atoms with Crippen LogP contribution in [0.25, 0.3) is 10.9 Å². The van der Waals surface area contributed by atoms with Crippen molar-refractivity contribution >= 4 is 70.0 Å². The van der Waals surface area contributed by atoms with Crippen molar-refractivity contribution in [2.24, 2.45) is 27.9 Å². The van der Waals surface area contributed by atoms with E-state index >= 15 is 0 Å². The minimum absolute atomic E-state index is 0.0112. The number of H-pyrrole nitrogens is 1. The summed E-state index contributed by atoms with van der Waals surface area (Å²) in [5.74, 6) is -7.13. The Bertz CT molecular complexity index is 2230. The lowest BCUT2D eigenvalue weighted by atomic mass is 10.0. The highest BCUT2D eigenvalue weighted by molar-refractivity contribution is 5.98. The monoisotopic (exact) mass is 916 g/mol. The summed E-state index contributed by atoms with van der Waals surface area (Å²) < 4.78 is 0. The van der Waals surface area contributed by atoms with Crippen molar-refractivity contribution in [3.63, 3.8) is 0 Å². The molecule has 6 atom stereocenters. The number of rotatable bonds is 16. The number of carbonyl (C=O) groups is 9. The molecule has 66 heavy (non-hydrogen) atoms. The van der Waals surface area contributed by atoms with Crippen LogP contribution in [0.1, 0.15) is 56.6 Å². The topological polar surface area (TPSA) is 382 Å². The SMILES string of the molecule is CC(=O)NCC(=O)NC1CCC(=O)NCCC(C(=O)N[C@@H](Cc2c[nH]c3ccccc23)C(N)=O)NC(=O)[C@H](CCCN=C(N)N)NC(=O)C(Cc2ccccc2)NC(=O)[C@H](CCN)NC1=O. The van der Waals surface area contributed by atoms with E-state index in [4.69, 9.17) is 22.9 Å². The second-order valence-electron chi connectivity index (χ2n) is 15.7. The summed E-state index contributed by atoms with van der Waals surface area (Å²) in [5, 5.41) is 21.4. The van der Waals surface area contributed by atoms with Gasteiger partial charge in [-0.2, -0.15) is 0 Å². The minimum Gasteiger partial charge on any atom is -0.370 e. The average Bonchev–Trinajstić information content (AvgIpc) is 3.69. The maximum absolute atomic E-state index is 14.3. The molecule has 4 rings (SSSR count). The molecule has 356 valence electrons. The van der Waals surface area contributed by atoms with Crippen LogP contribution in [0.4, 0.5) is 0 Å². The van der Waals surface area contributed by atoms with Crippen molar-refractivity contribution in [3.8, 4) is 0 Å². The number of primary amides is 1. The first-order chi connectivity index (χ1) is 31.5. The zero-order chi connectivity index (χ0) is 48.2. The quantitative estimate of drug-likeness (QED) is 0.0374. The Hall–Kier alpha value is -7.56. The van der Waals surface area contributed by atoms with Gasteiger partial charge in [0.15, 0.2) is 5.96 Å². The third-order valence-electron chi connectivity index (χ3n) is 10.5. The van der Waals surface area contributed by atoms with Gasteiger partial charge in [0.25, 0.3) is 0 Å². The van der Waals surface area contributed by atoms with Gasteiger partial charge in [0, 0.05) is 56.4 Å². The standard InChI is InChI=1S/C43H60N14O9/c1-24(58)50-23-36(60)52-30-13-14-35(59)48-19-16-32(41(65)56-33(37(45)61)21-26-22-51-28-11-6-5-10-27(26)28)55-38(62)29(12-7-18-49-43(46)47)53-42(66)34(20-25-8-3-2-4-9-25)57-40(64)31(15-17-44)54-39(30)63/h2-6,8-11,22,29-34,51H,7,12-21,23,44H2,1H3,(H2,45,61)(H,48,59)(H,50,58)(H,52,60)(H,53,66)(H,54,63)(H,55,62)(H,56,65)(H,57,64)(H4,46,47,49)/t29-,30?,31-,32?,33-,34?/m0/s1. The molecule has 2 heterocycles. The van der Waals surface area contributed by atoms with Gasteiger partial charge in [-0.15, -0.1) is 0 Å². The van der Waals surface area contributed by atoms with E-state index in [1.54, 1.807) is 36.5 Å². The fourth-order valence-corrected chi connectivity index (χ4v) is 7.08. The molecule has 3 unspecified atom stereocenters. The van der Waals surface area contributed by atoms with Gasteiger partial charge < -0.3 is 70.5 Å². The van der Waals surface area contributed by atoms with Crippen LogP contribution in [0, 0.1) is 0 Å². The van der Waals surface area contributed by atoms with Gasteiger partial charge in [-0.1, -0.05) is 48.5 Å². The lowest BCUT2D eigenvalue weighted by Gasteiger charge is -2.27. The Morgan fingerprint density at radius 3 is 2.15 bits per heavy atom. The van der Waals surface area contributed by atoms with Gasteiger partial charge >= 0.3 is 0 Å². The number of nitrogens with two attached hydrogens (primary N) is 4. The number of aromatic amines is 1. The van der Waals surface area contributed by atoms with E-state index < -0.39 is 96.0 Å². The van der Waals surface area contributed by atoms with Gasteiger partial charge in [-0.25, -0.2) is 0 Å². The molecule has 1 aliphatic rings. The number of guanidine groups is 1. The van der Waals surface area contributed by atoms with E-state index in [-0.39, 0.29) is 77.0 Å². The van der Waals surface area contributed by atoms with Crippen LogP contribution < -0.4 is 65.5 Å². The number of hydrogen-bond acceptors (Lipinski definition) is 11. The summed E-state index contributed by atoms with van der Waals surface area (Å²) in [6, 6.07) is 7.87. The fraction of sp³-hybridized carbons (Fsp3) is 0.442. The Kier molecular flexibility index (Phi) is 19.9. The summed E-state index contributed by atoms with van der Waals surface area (Å²) >= 11 is 0. The van der Waals surface area contributed by atoms with E-state index in [1.165, 1.54) is 6.92 Å². The molecule has 0 bridgehead atoms. The molecule has 17 N–H and O–H groups in total. The Morgan fingerprint density at radius 1 is 0.803 bits per heavy atom. The highest BCUT2D eigenvalue weighted by atomic mass is 16.2. The molecule has 23 heteroatoms. The second kappa shape index (κ2) is 25.7. The molecule has 0 aliphatic carbocycles. The van der Waals surface area contributed by atoms with E-state index in [0.29, 0.717) is 11.1 Å². The number of carbonyl (C=O) groups excluding carboxylic acids is 9. The molecular formula is C43H60N14O9. The summed E-state index contributed by atoms with van der Waals surface area (Å²) in [7, 11) is 0. The number of hydrogen-bond donors (Lipinski definition) is 13. The molecule has 0 saturated carbocycles. The van der Waals surface area contributed by atoms with Crippen LogP contribution in [0.2, 0.25) is 0 Å². The van der Waals surface area contributed by atoms with Gasteiger partial charge in [-0.3, -0.25) is 48.1 Å². The number of amides is 9. The lowest BCUT2D eigenvalue weighted by Crippen LogP contribution is -2.60. The number of nitrogens with one attached hydrogen (secondary N) is 9. The van der Waals surface area contributed by atoms with Crippen LogP contribution in [-0.2, 0) is 56.0 Å². The molecule has 1 fully saturated rings. The minimum atomic E-state index is -1.43. The molecule has 1 aromatic heterocycles. The van der Waals surface area contributed by atoms with E-state index in [9.17, 15) is 43.2 Å². The molecule has 0 radical (unpaired) electrons. The number of aliphatic imine (C=N–C) groups is 1. The first-order valence-electron chi connectivity index (χ1n) is 21.5. The van der Waals surface area contributed by atoms with Crippen molar-refractivity contribution < 1.29 is 43.2 Å². The zero-order valence-corrected chi connectivity index (χ0v) is 36.7. The normalized spacial score (nSPS) is 20.6. The van der Waals surface area contributed by atoms with Crippen LogP contribution in [0.3, 0.4) is 0 Å². The zero-order valence-electron chi connectivity index (χ0n) is 36.7. The molecule has 2 aromatic carbocycles. The first-order valence-corrected chi connectivity index (χ1v) is 21.5. The Labute approximate surface area is 380 Å². The summed E-state index contributed by atoms with van der Waals surface area (Å²) in [4.78, 5) is 128. The van der Waals surface area contributed by atoms with Gasteiger partial charge in [-0.05, 0) is 55.8 Å². The number of benzene rings is 2. The third kappa shape index (κ3) is 16.5. The van der Waals surface area contributed by atoms with Crippen LogP contribution in [0.5, 0.6) is 0 Å². The largest absolute Gasteiger partial charge is 0.370 e. The van der Waals surface area contributed by atoms with Crippen molar-refractivity contribution in [2.75, 3.05) is 26.2 Å². The van der Waals surface area contributed by atoms with Crippen molar-refractivity contribution in [1.29, 1.82) is 0 Å². The second-order valence-corrected chi connectivity index (χ2v) is 15.7. The number of fused-ring (bicyclic) bond motifs is 1. The van der Waals surface area contributed by atoms with Gasteiger partial charge in [0.05, 0.1) is 6.54 Å². The van der Waals surface area contributed by atoms with E-state index in [2.05, 4.69) is 52.5 Å². The highest BCUT2D eigenvalue weighted by Gasteiger charge is 2.34. The van der Waals surface area contributed by atoms with Gasteiger partial charge in [0.1, 0.15) is 36.3 Å². The Morgan fingerprint density at radius 2 is 1.45 bits per heavy atom. The predicted octanol–water partition coefficient (Wildman–Crippen LogP) is -3.81. The molecule has 23 nitrogen and oxygen atoms in total. The molecule has 3 aromatic rings. The molecule has 9 amide bonds. The molecule has 1 aliphatic heterocycles. The number of nitrogens with zero attached hydrogens (tertiary/aromatic N) is 1. The maximum Gasteiger partial charge on any atom is 0.243 e. The summed E-state index contributed by atoms with van der Waals surface area (Å²) in [6.45, 7) is 0.457. The van der Waals surface area contributed by atoms with Crippen molar-refractivity contribution in [3.05, 3.63) is 71.9 Å². The van der Waals surface area contributed by atoms with Crippen LogP contribution in [-0.4, -0.2) is 127 Å². The third-order valence-corrected chi connectivity index (χ3v) is 10.5. The number of aromatic nitrogens is 1. The van der Waals surface area contributed by atoms with E-state index in [0.717, 1.165) is 10.9 Å². The average molecular weight is 917 g/mol. The van der Waals surface area contributed by atoms with Crippen LogP contribution in [0.15, 0.2) is 65.8 Å². The molecule has 0 spiro atoms. The summed E-state index contributed by atoms with van der Waals surface area (Å²) in [6.07, 6.45) is 0.737. The maximum atomic E-state index is 14.3. The van der Waals surface area contributed by atoms with Gasteiger partial charge in [0.2, 0.25) is 53.2 Å². The fourth-order valence-electron chi connectivity index (χ4n) is 7.08. The van der Waals surface area contributed by atoms with E-state index in [1.807, 2.05) is 24.3 Å². The highest BCUT2D eigenvalue weighted by Crippen LogP contribution is 2.19. The number of para-hydroxylation sites is 1. The smallest absolute Gasteiger partial charge is 0.243 e. The van der Waals surface area contributed by atoms with Crippen molar-refractivity contribution in [1.82, 2.24) is 47.5 Å². The predicted molar refractivity (Wildman–Crippen MR) is 242 cm³/mol. The van der Waals surface area contributed by atoms with Crippen LogP contribution >= 0.6 is 0 Å². The summed E-state index contributed by atoms with van der Waals surface area (Å²) in [5.41, 5.74) is 24.7. The molecule has 1 saturated heterocycles.